The number of hydrogen-bond acceptors (Lipinski definition) is 8. The van der Waals surface area contributed by atoms with Crippen LogP contribution in [0, 0.1) is 0 Å². The molecule has 2 aromatic carbocycles. The van der Waals surface area contributed by atoms with Crippen molar-refractivity contribution in [1.29, 1.82) is 0 Å². The average Bonchev–Trinajstić information content (AvgIpc) is 3.28. The number of para-hydroxylation sites is 1. The predicted octanol–water partition coefficient (Wildman–Crippen LogP) is 4.59. The lowest BCUT2D eigenvalue weighted by Crippen LogP contribution is -2.31. The summed E-state index contributed by atoms with van der Waals surface area (Å²) in [5.74, 6) is 0.334. The molecule has 2 amide bonds. The molecular formula is C32H40N6O6S. The molecule has 0 aliphatic heterocycles. The largest absolute Gasteiger partial charge is 0.492 e. The van der Waals surface area contributed by atoms with Gasteiger partial charge in [-0.2, -0.15) is 0 Å². The summed E-state index contributed by atoms with van der Waals surface area (Å²) >= 11 is 0. The van der Waals surface area contributed by atoms with Crippen LogP contribution in [-0.2, 0) is 22.5 Å². The molecule has 0 unspecified atom stereocenters. The normalized spacial score (nSPS) is 11.8. The Hall–Kier alpha value is -4.62. The van der Waals surface area contributed by atoms with E-state index in [0.29, 0.717) is 41.5 Å². The number of rotatable bonds is 11. The van der Waals surface area contributed by atoms with E-state index in [1.54, 1.807) is 48.0 Å². The van der Waals surface area contributed by atoms with Crippen molar-refractivity contribution < 1.29 is 27.5 Å². The number of aryl methyl sites for hydroxylation is 1. The lowest BCUT2D eigenvalue weighted by atomic mass is 9.86. The molecule has 2 aromatic heterocycles. The van der Waals surface area contributed by atoms with Gasteiger partial charge in [0.25, 0.3) is 11.8 Å². The third kappa shape index (κ3) is 8.11. The van der Waals surface area contributed by atoms with Gasteiger partial charge in [-0.1, -0.05) is 32.9 Å². The summed E-state index contributed by atoms with van der Waals surface area (Å²) in [5.41, 5.74) is 2.19. The van der Waals surface area contributed by atoms with Crippen molar-refractivity contribution in [1.82, 2.24) is 19.8 Å². The first-order chi connectivity index (χ1) is 21.1. The summed E-state index contributed by atoms with van der Waals surface area (Å²) < 4.78 is 40.2. The van der Waals surface area contributed by atoms with Gasteiger partial charge in [0.1, 0.15) is 17.1 Å². The second kappa shape index (κ2) is 13.2. The van der Waals surface area contributed by atoms with Gasteiger partial charge in [0.05, 0.1) is 30.3 Å². The number of aromatic nitrogens is 2. The Morgan fingerprint density at radius 3 is 2.38 bits per heavy atom. The standard InChI is InChI=1S/C32H40N6O6S/c1-32(2,3)21-17-23(29(43-7)24(18-21)36-45(8,41)42)35-31(40)26-16-20-10-9-11-27(28(20)38(26)6)44-22-12-13-33-25(19-22)30(39)34-14-15-37(4)5/h9-13,16-19,36H,14-15H2,1-8H3,(H,34,39)(H,35,40). The van der Waals surface area contributed by atoms with E-state index in [1.807, 2.05) is 51.9 Å². The van der Waals surface area contributed by atoms with Crippen LogP contribution in [0.2, 0.25) is 0 Å². The van der Waals surface area contributed by atoms with Gasteiger partial charge in [0.15, 0.2) is 11.5 Å². The average molecular weight is 637 g/mol. The number of pyridine rings is 1. The summed E-state index contributed by atoms with van der Waals surface area (Å²) in [7, 11) is 3.38. The molecule has 240 valence electrons. The molecule has 0 atom stereocenters. The smallest absolute Gasteiger partial charge is 0.272 e. The minimum Gasteiger partial charge on any atom is -0.492 e. The molecular weight excluding hydrogens is 596 g/mol. The maximum Gasteiger partial charge on any atom is 0.272 e. The number of benzene rings is 2. The van der Waals surface area contributed by atoms with E-state index in [4.69, 9.17) is 9.47 Å². The van der Waals surface area contributed by atoms with Crippen LogP contribution in [0.5, 0.6) is 17.2 Å². The van der Waals surface area contributed by atoms with E-state index >= 15 is 0 Å². The molecule has 45 heavy (non-hydrogen) atoms. The quantitative estimate of drug-likeness (QED) is 0.217. The Morgan fingerprint density at radius 1 is 1.02 bits per heavy atom. The van der Waals surface area contributed by atoms with Crippen LogP contribution in [0.3, 0.4) is 0 Å². The second-order valence-corrected chi connectivity index (χ2v) is 13.8. The lowest BCUT2D eigenvalue weighted by molar-refractivity contribution is 0.0944. The first kappa shape index (κ1) is 33.3. The number of methoxy groups -OCH3 is 1. The SMILES string of the molecule is COc1c(NC(=O)c2cc3cccc(Oc4ccnc(C(=O)NCCN(C)C)c4)c3n2C)cc(C(C)(C)C)cc1NS(C)(=O)=O. The van der Waals surface area contributed by atoms with Crippen LogP contribution < -0.4 is 24.8 Å². The highest BCUT2D eigenvalue weighted by Crippen LogP contribution is 2.40. The molecule has 0 saturated carbocycles. The molecule has 0 spiro atoms. The van der Waals surface area contributed by atoms with Crippen LogP contribution in [0.15, 0.2) is 54.7 Å². The first-order valence-electron chi connectivity index (χ1n) is 14.2. The summed E-state index contributed by atoms with van der Waals surface area (Å²) in [4.78, 5) is 32.5. The van der Waals surface area contributed by atoms with Crippen LogP contribution >= 0.6 is 0 Å². The molecule has 3 N–H and O–H groups in total. The third-order valence-corrected chi connectivity index (χ3v) is 7.58. The Morgan fingerprint density at radius 2 is 1.73 bits per heavy atom. The topological polar surface area (TPSA) is 144 Å². The minimum absolute atomic E-state index is 0.184. The molecule has 2 heterocycles. The zero-order chi connectivity index (χ0) is 33.1. The maximum absolute atomic E-state index is 13.7. The van der Waals surface area contributed by atoms with Crippen molar-refractivity contribution in [2.24, 2.45) is 7.05 Å². The highest BCUT2D eigenvalue weighted by Gasteiger charge is 2.24. The van der Waals surface area contributed by atoms with Crippen LogP contribution in [0.1, 0.15) is 47.3 Å². The molecule has 13 heteroatoms. The van der Waals surface area contributed by atoms with Crippen LogP contribution in [0.4, 0.5) is 11.4 Å². The van der Waals surface area contributed by atoms with Gasteiger partial charge in [-0.15, -0.1) is 0 Å². The highest BCUT2D eigenvalue weighted by atomic mass is 32.2. The summed E-state index contributed by atoms with van der Waals surface area (Å²) in [6, 6.07) is 13.9. The Balaban J connectivity index is 1.66. The van der Waals surface area contributed by atoms with Crippen molar-refractivity contribution in [3.63, 3.8) is 0 Å². The first-order valence-corrected chi connectivity index (χ1v) is 16.1. The number of sulfonamides is 1. The molecule has 12 nitrogen and oxygen atoms in total. The molecule has 0 saturated heterocycles. The number of carbonyl (C=O) groups is 2. The molecule has 0 bridgehead atoms. The molecule has 0 fully saturated rings. The van der Waals surface area contributed by atoms with Crippen LogP contribution in [0.25, 0.3) is 10.9 Å². The second-order valence-electron chi connectivity index (χ2n) is 12.0. The number of hydrogen-bond donors (Lipinski definition) is 3. The summed E-state index contributed by atoms with van der Waals surface area (Å²) in [5, 5.41) is 6.51. The summed E-state index contributed by atoms with van der Waals surface area (Å²) in [6.45, 7) is 7.13. The number of anilines is 2. The maximum atomic E-state index is 13.7. The zero-order valence-electron chi connectivity index (χ0n) is 26.8. The number of likely N-dealkylation sites (N-methyl/N-ethyl adjacent to an activating group) is 1. The Bertz CT molecular complexity index is 1840. The Labute approximate surface area is 263 Å². The van der Waals surface area contributed by atoms with Gasteiger partial charge in [-0.05, 0) is 55.4 Å². The fourth-order valence-electron chi connectivity index (χ4n) is 4.73. The molecule has 4 aromatic rings. The number of fused-ring (bicyclic) bond motifs is 1. The minimum atomic E-state index is -3.63. The molecule has 0 aliphatic rings. The highest BCUT2D eigenvalue weighted by molar-refractivity contribution is 7.92. The van der Waals surface area contributed by atoms with E-state index in [1.165, 1.54) is 13.3 Å². The molecule has 0 radical (unpaired) electrons. The van der Waals surface area contributed by atoms with Crippen molar-refractivity contribution in [2.45, 2.75) is 26.2 Å². The number of carbonyl (C=O) groups excluding carboxylic acids is 2. The molecule has 0 aliphatic carbocycles. The van der Waals surface area contributed by atoms with Gasteiger partial charge < -0.3 is 29.6 Å². The lowest BCUT2D eigenvalue weighted by Gasteiger charge is -2.24. The third-order valence-electron chi connectivity index (χ3n) is 6.99. The fourth-order valence-corrected chi connectivity index (χ4v) is 5.28. The predicted molar refractivity (Wildman–Crippen MR) is 176 cm³/mol. The van der Waals surface area contributed by atoms with E-state index in [9.17, 15) is 18.0 Å². The van der Waals surface area contributed by atoms with E-state index < -0.39 is 15.9 Å². The van der Waals surface area contributed by atoms with E-state index in [0.717, 1.165) is 17.2 Å². The fraction of sp³-hybridized carbons (Fsp3) is 0.344. The number of amides is 2. The van der Waals surface area contributed by atoms with Crippen molar-refractivity contribution in [3.8, 4) is 17.2 Å². The number of nitrogens with zero attached hydrogens (tertiary/aromatic N) is 3. The number of nitrogens with one attached hydrogen (secondary N) is 3. The van der Waals surface area contributed by atoms with Gasteiger partial charge in [-0.25, -0.2) is 8.42 Å². The van der Waals surface area contributed by atoms with Crippen molar-refractivity contribution in [2.75, 3.05) is 50.6 Å². The zero-order valence-corrected chi connectivity index (χ0v) is 27.6. The summed E-state index contributed by atoms with van der Waals surface area (Å²) in [6.07, 6.45) is 2.56. The van der Waals surface area contributed by atoms with Gasteiger partial charge in [0, 0.05) is 37.8 Å². The van der Waals surface area contributed by atoms with E-state index in [2.05, 4.69) is 20.3 Å². The van der Waals surface area contributed by atoms with Gasteiger partial charge in [-0.3, -0.25) is 19.3 Å². The van der Waals surface area contributed by atoms with Gasteiger partial charge >= 0.3 is 0 Å². The Kier molecular flexibility index (Phi) is 9.74. The van der Waals surface area contributed by atoms with Crippen LogP contribution in [-0.4, -0.2) is 75.2 Å². The van der Waals surface area contributed by atoms with Crippen molar-refractivity contribution >= 4 is 44.1 Å². The monoisotopic (exact) mass is 636 g/mol. The molecule has 4 rings (SSSR count). The number of ether oxygens (including phenoxy) is 2. The van der Waals surface area contributed by atoms with Gasteiger partial charge in [0.2, 0.25) is 10.0 Å². The van der Waals surface area contributed by atoms with Crippen molar-refractivity contribution in [3.05, 3.63) is 71.7 Å². The van der Waals surface area contributed by atoms with E-state index in [-0.39, 0.29) is 28.5 Å².